The lowest BCUT2D eigenvalue weighted by molar-refractivity contribution is 0.254. The molecule has 0 unspecified atom stereocenters. The molecule has 0 aromatic carbocycles. The molecule has 0 saturated heterocycles. The van der Waals surface area contributed by atoms with E-state index in [1.165, 1.54) is 31.2 Å². The van der Waals surface area contributed by atoms with Gasteiger partial charge in [-0.15, -0.1) is 0 Å². The highest BCUT2D eigenvalue weighted by molar-refractivity contribution is 5.46. The van der Waals surface area contributed by atoms with Gasteiger partial charge in [0.05, 0.1) is 0 Å². The first-order valence-electron chi connectivity index (χ1n) is 8.68. The molecular weight excluding hydrogens is 258 g/mol. The van der Waals surface area contributed by atoms with Crippen molar-refractivity contribution in [3.63, 3.8) is 0 Å². The molecule has 0 atom stereocenters. The lowest BCUT2D eigenvalue weighted by Gasteiger charge is -2.30. The van der Waals surface area contributed by atoms with Crippen LogP contribution in [0.25, 0.3) is 0 Å². The van der Waals surface area contributed by atoms with Crippen LogP contribution in [0, 0.1) is 18.8 Å². The van der Waals surface area contributed by atoms with Gasteiger partial charge in [-0.1, -0.05) is 20.8 Å². The van der Waals surface area contributed by atoms with Crippen LogP contribution in [0.2, 0.25) is 0 Å². The Bertz CT molecular complexity index is 460. The molecule has 1 aromatic heterocycles. The van der Waals surface area contributed by atoms with E-state index in [0.29, 0.717) is 5.92 Å². The van der Waals surface area contributed by atoms with Crippen molar-refractivity contribution < 1.29 is 0 Å². The highest BCUT2D eigenvalue weighted by atomic mass is 15.0. The fourth-order valence-corrected chi connectivity index (χ4v) is 3.58. The summed E-state index contributed by atoms with van der Waals surface area (Å²) < 4.78 is 0. The number of hydrogen-bond donors (Lipinski definition) is 1. The zero-order valence-corrected chi connectivity index (χ0v) is 14.4. The molecule has 0 aliphatic heterocycles. The Labute approximate surface area is 130 Å². The average molecular weight is 289 g/mol. The van der Waals surface area contributed by atoms with E-state index in [9.17, 15) is 0 Å². The largest absolute Gasteiger partial charge is 0.370 e. The SMILES string of the molecule is CCNc1nc(C2CCC(C(C)C)CC2)nc(C)c1CC. The third-order valence-corrected chi connectivity index (χ3v) is 5.01. The number of hydrogen-bond acceptors (Lipinski definition) is 3. The molecule has 3 nitrogen and oxygen atoms in total. The Morgan fingerprint density at radius 1 is 1.10 bits per heavy atom. The van der Waals surface area contributed by atoms with E-state index >= 15 is 0 Å². The second-order valence-electron chi connectivity index (χ2n) is 6.73. The Hall–Kier alpha value is -1.12. The van der Waals surface area contributed by atoms with Crippen molar-refractivity contribution in [3.05, 3.63) is 17.1 Å². The standard InChI is InChI=1S/C18H31N3/c1-6-16-13(5)20-17(21-18(16)19-7-2)15-10-8-14(9-11-15)12(3)4/h12,14-15H,6-11H2,1-5H3,(H,19,20,21). The van der Waals surface area contributed by atoms with Crippen LogP contribution in [-0.2, 0) is 6.42 Å². The summed E-state index contributed by atoms with van der Waals surface area (Å²) in [6.07, 6.45) is 6.15. The van der Waals surface area contributed by atoms with Crippen LogP contribution in [-0.4, -0.2) is 16.5 Å². The zero-order chi connectivity index (χ0) is 15.4. The first-order chi connectivity index (χ1) is 10.1. The van der Waals surface area contributed by atoms with Crippen molar-refractivity contribution in [1.82, 2.24) is 9.97 Å². The zero-order valence-electron chi connectivity index (χ0n) is 14.4. The molecular formula is C18H31N3. The quantitative estimate of drug-likeness (QED) is 0.853. The summed E-state index contributed by atoms with van der Waals surface area (Å²) in [5.74, 6) is 4.40. The highest BCUT2D eigenvalue weighted by Crippen LogP contribution is 2.38. The maximum atomic E-state index is 4.87. The summed E-state index contributed by atoms with van der Waals surface area (Å²) in [6, 6.07) is 0. The van der Waals surface area contributed by atoms with E-state index in [1.807, 2.05) is 0 Å². The molecule has 21 heavy (non-hydrogen) atoms. The molecule has 1 N–H and O–H groups in total. The van der Waals surface area contributed by atoms with Crippen molar-refractivity contribution in [2.45, 2.75) is 72.6 Å². The highest BCUT2D eigenvalue weighted by Gasteiger charge is 2.26. The molecule has 1 aromatic rings. The molecule has 1 fully saturated rings. The van der Waals surface area contributed by atoms with Gasteiger partial charge in [0, 0.05) is 23.7 Å². The van der Waals surface area contributed by atoms with Crippen LogP contribution in [0.3, 0.4) is 0 Å². The number of nitrogens with zero attached hydrogens (tertiary/aromatic N) is 2. The molecule has 1 heterocycles. The topological polar surface area (TPSA) is 37.8 Å². The van der Waals surface area contributed by atoms with Gasteiger partial charge in [0.1, 0.15) is 11.6 Å². The molecule has 0 bridgehead atoms. The van der Waals surface area contributed by atoms with E-state index in [1.54, 1.807) is 0 Å². The van der Waals surface area contributed by atoms with Crippen molar-refractivity contribution in [1.29, 1.82) is 0 Å². The monoisotopic (exact) mass is 289 g/mol. The number of nitrogens with one attached hydrogen (secondary N) is 1. The van der Waals surface area contributed by atoms with Gasteiger partial charge in [-0.05, 0) is 57.8 Å². The molecule has 118 valence electrons. The van der Waals surface area contributed by atoms with Crippen LogP contribution >= 0.6 is 0 Å². The van der Waals surface area contributed by atoms with Gasteiger partial charge in [0.25, 0.3) is 0 Å². The minimum absolute atomic E-state index is 0.557. The van der Waals surface area contributed by atoms with E-state index in [0.717, 1.165) is 42.1 Å². The Morgan fingerprint density at radius 2 is 1.76 bits per heavy atom. The van der Waals surface area contributed by atoms with E-state index < -0.39 is 0 Å². The minimum atomic E-state index is 0.557. The van der Waals surface area contributed by atoms with Crippen LogP contribution in [0.5, 0.6) is 0 Å². The predicted molar refractivity (Wildman–Crippen MR) is 89.8 cm³/mol. The normalized spacial score (nSPS) is 22.6. The number of rotatable bonds is 5. The number of aromatic nitrogens is 2. The van der Waals surface area contributed by atoms with Crippen LogP contribution < -0.4 is 5.32 Å². The van der Waals surface area contributed by atoms with Crippen LogP contribution in [0.15, 0.2) is 0 Å². The second-order valence-corrected chi connectivity index (χ2v) is 6.73. The van der Waals surface area contributed by atoms with Crippen molar-refractivity contribution >= 4 is 5.82 Å². The fraction of sp³-hybridized carbons (Fsp3) is 0.778. The third kappa shape index (κ3) is 3.75. The number of aryl methyl sites for hydroxylation is 1. The van der Waals surface area contributed by atoms with Gasteiger partial charge in [0.15, 0.2) is 0 Å². The van der Waals surface area contributed by atoms with Crippen LogP contribution in [0.1, 0.15) is 76.4 Å². The smallest absolute Gasteiger partial charge is 0.134 e. The van der Waals surface area contributed by atoms with Crippen LogP contribution in [0.4, 0.5) is 5.82 Å². The molecule has 1 aliphatic rings. The predicted octanol–water partition coefficient (Wildman–Crippen LogP) is 4.71. The van der Waals surface area contributed by atoms with E-state index in [-0.39, 0.29) is 0 Å². The lowest BCUT2D eigenvalue weighted by Crippen LogP contribution is -2.20. The summed E-state index contributed by atoms with van der Waals surface area (Å²) in [5, 5.41) is 3.42. The van der Waals surface area contributed by atoms with Gasteiger partial charge in [0.2, 0.25) is 0 Å². The molecule has 0 spiro atoms. The maximum Gasteiger partial charge on any atom is 0.134 e. The summed E-state index contributed by atoms with van der Waals surface area (Å²) in [4.78, 5) is 9.69. The van der Waals surface area contributed by atoms with Gasteiger partial charge in [-0.25, -0.2) is 9.97 Å². The molecule has 0 amide bonds. The summed E-state index contributed by atoms with van der Waals surface area (Å²) in [6.45, 7) is 12.1. The summed E-state index contributed by atoms with van der Waals surface area (Å²) in [5.41, 5.74) is 2.43. The Morgan fingerprint density at radius 3 is 2.29 bits per heavy atom. The van der Waals surface area contributed by atoms with Gasteiger partial charge in [-0.2, -0.15) is 0 Å². The Balaban J connectivity index is 2.17. The number of anilines is 1. The molecule has 1 aliphatic carbocycles. The lowest BCUT2D eigenvalue weighted by atomic mass is 9.76. The van der Waals surface area contributed by atoms with Crippen molar-refractivity contribution in [3.8, 4) is 0 Å². The third-order valence-electron chi connectivity index (χ3n) is 5.01. The summed E-state index contributed by atoms with van der Waals surface area (Å²) in [7, 11) is 0. The molecule has 3 heteroatoms. The van der Waals surface area contributed by atoms with Gasteiger partial charge in [-0.3, -0.25) is 0 Å². The molecule has 2 rings (SSSR count). The maximum absolute atomic E-state index is 4.87. The van der Waals surface area contributed by atoms with Crippen molar-refractivity contribution in [2.24, 2.45) is 11.8 Å². The minimum Gasteiger partial charge on any atom is -0.370 e. The molecule has 1 saturated carbocycles. The first kappa shape index (κ1) is 16.3. The summed E-state index contributed by atoms with van der Waals surface area (Å²) >= 11 is 0. The average Bonchev–Trinajstić information content (AvgIpc) is 2.47. The Kier molecular flexibility index (Phi) is 5.60. The van der Waals surface area contributed by atoms with E-state index in [4.69, 9.17) is 9.97 Å². The second kappa shape index (κ2) is 7.24. The molecule has 0 radical (unpaired) electrons. The van der Waals surface area contributed by atoms with Gasteiger partial charge < -0.3 is 5.32 Å². The van der Waals surface area contributed by atoms with Crippen molar-refractivity contribution in [2.75, 3.05) is 11.9 Å². The van der Waals surface area contributed by atoms with Gasteiger partial charge >= 0.3 is 0 Å². The van der Waals surface area contributed by atoms with E-state index in [2.05, 4.69) is 39.9 Å². The first-order valence-corrected chi connectivity index (χ1v) is 8.68. The fourth-order valence-electron chi connectivity index (χ4n) is 3.58.